The zero-order valence-electron chi connectivity index (χ0n) is 7.09. The molecule has 0 spiro atoms. The quantitative estimate of drug-likeness (QED) is 0.625. The van der Waals surface area contributed by atoms with Crippen molar-refractivity contribution in [3.63, 3.8) is 0 Å². The van der Waals surface area contributed by atoms with Gasteiger partial charge >= 0.3 is 5.69 Å². The maximum atomic E-state index is 10.6. The second kappa shape index (κ2) is 3.71. The number of H-pyrrole nitrogens is 2. The fourth-order valence-corrected chi connectivity index (χ4v) is 0.879. The molecule has 0 aliphatic rings. The van der Waals surface area contributed by atoms with Crippen LogP contribution in [0.15, 0.2) is 23.3 Å². The van der Waals surface area contributed by atoms with Gasteiger partial charge in [-0.2, -0.15) is 0 Å². The van der Waals surface area contributed by atoms with Crippen LogP contribution < -0.4 is 5.69 Å². The average Bonchev–Trinajstić information content (AvgIpc) is 2.48. The van der Waals surface area contributed by atoms with Gasteiger partial charge in [-0.1, -0.05) is 13.8 Å². The summed E-state index contributed by atoms with van der Waals surface area (Å²) < 4.78 is 0. The van der Waals surface area contributed by atoms with Crippen LogP contribution in [0.5, 0.6) is 0 Å². The van der Waals surface area contributed by atoms with Gasteiger partial charge in [0.05, 0.1) is 17.2 Å². The van der Waals surface area contributed by atoms with E-state index in [1.165, 1.54) is 0 Å². The molecular weight excluding hydrogens is 154 g/mol. The van der Waals surface area contributed by atoms with Crippen LogP contribution in [0.1, 0.15) is 15.3 Å². The molecule has 0 saturated carbocycles. The third-order valence-corrected chi connectivity index (χ3v) is 1.32. The molecular formula is C8H13N3O. The van der Waals surface area contributed by atoms with E-state index in [4.69, 9.17) is 0 Å². The Morgan fingerprint density at radius 1 is 1.33 bits per heavy atom. The van der Waals surface area contributed by atoms with Crippen molar-refractivity contribution in [2.75, 3.05) is 0 Å². The summed E-state index contributed by atoms with van der Waals surface area (Å²) in [6.07, 6.45) is 3.24. The largest absolute Gasteiger partial charge is 0.323 e. The van der Waals surface area contributed by atoms with E-state index in [0.717, 1.165) is 11.0 Å². The molecule has 12 heavy (non-hydrogen) atoms. The molecule has 0 fully saturated rings. The Balaban J connectivity index is 0.000000451. The lowest BCUT2D eigenvalue weighted by atomic mass is 10.4. The second-order valence-electron chi connectivity index (χ2n) is 2.00. The molecule has 0 unspecified atom stereocenters. The molecule has 2 rings (SSSR count). The van der Waals surface area contributed by atoms with Crippen LogP contribution in [0.2, 0.25) is 0 Å². The minimum absolute atomic E-state index is 0. The number of hydrogen-bond donors (Lipinski definition) is 2. The lowest BCUT2D eigenvalue weighted by Crippen LogP contribution is -1.99. The van der Waals surface area contributed by atoms with Crippen molar-refractivity contribution in [1.82, 2.24) is 15.0 Å². The highest BCUT2D eigenvalue weighted by Crippen LogP contribution is 2.00. The Bertz CT molecular complexity index is 371. The van der Waals surface area contributed by atoms with Crippen LogP contribution in [0.4, 0.5) is 0 Å². The SMILES string of the molecule is CC.O=c1[nH]c2ccncc2[nH]1.[HH]. The summed E-state index contributed by atoms with van der Waals surface area (Å²) in [6.45, 7) is 4.00. The number of nitrogens with zero attached hydrogens (tertiary/aromatic N) is 1. The molecule has 0 atom stereocenters. The molecule has 0 bridgehead atoms. The number of rotatable bonds is 0. The van der Waals surface area contributed by atoms with Gasteiger partial charge in [-0.3, -0.25) is 4.98 Å². The van der Waals surface area contributed by atoms with Gasteiger partial charge in [0.25, 0.3) is 0 Å². The van der Waals surface area contributed by atoms with Crippen LogP contribution in [0.3, 0.4) is 0 Å². The van der Waals surface area contributed by atoms with Gasteiger partial charge in [0, 0.05) is 7.62 Å². The summed E-state index contributed by atoms with van der Waals surface area (Å²) in [7, 11) is 0. The van der Waals surface area contributed by atoms with Crippen molar-refractivity contribution >= 4 is 11.0 Å². The first-order chi connectivity index (χ1) is 5.86. The van der Waals surface area contributed by atoms with Gasteiger partial charge in [-0.15, -0.1) is 0 Å². The summed E-state index contributed by atoms with van der Waals surface area (Å²) in [4.78, 5) is 19.7. The monoisotopic (exact) mass is 167 g/mol. The number of aromatic amines is 2. The van der Waals surface area contributed by atoms with E-state index in [2.05, 4.69) is 15.0 Å². The van der Waals surface area contributed by atoms with Crippen LogP contribution in [0, 0.1) is 0 Å². The van der Waals surface area contributed by atoms with E-state index >= 15 is 0 Å². The Kier molecular flexibility index (Phi) is 2.63. The molecule has 0 amide bonds. The molecule has 0 saturated heterocycles. The lowest BCUT2D eigenvalue weighted by molar-refractivity contribution is 1.21. The molecule has 0 aromatic carbocycles. The molecule has 2 aromatic heterocycles. The van der Waals surface area contributed by atoms with E-state index < -0.39 is 0 Å². The topological polar surface area (TPSA) is 61.5 Å². The minimum atomic E-state index is -0.192. The molecule has 2 heterocycles. The molecule has 2 N–H and O–H groups in total. The van der Waals surface area contributed by atoms with Gasteiger partial charge in [0.15, 0.2) is 0 Å². The van der Waals surface area contributed by atoms with E-state index in [9.17, 15) is 4.79 Å². The molecule has 66 valence electrons. The van der Waals surface area contributed by atoms with Crippen LogP contribution in [-0.2, 0) is 0 Å². The van der Waals surface area contributed by atoms with E-state index in [1.54, 1.807) is 18.5 Å². The van der Waals surface area contributed by atoms with E-state index in [-0.39, 0.29) is 7.12 Å². The van der Waals surface area contributed by atoms with Gasteiger partial charge in [-0.05, 0) is 6.07 Å². The minimum Gasteiger partial charge on any atom is -0.306 e. The maximum Gasteiger partial charge on any atom is 0.323 e. The summed E-state index contributed by atoms with van der Waals surface area (Å²) in [5, 5.41) is 0. The van der Waals surface area contributed by atoms with Gasteiger partial charge in [0.2, 0.25) is 0 Å². The molecule has 4 heteroatoms. The molecule has 2 aromatic rings. The van der Waals surface area contributed by atoms with Gasteiger partial charge < -0.3 is 9.97 Å². The van der Waals surface area contributed by atoms with Crippen LogP contribution in [0.25, 0.3) is 11.0 Å². The highest BCUT2D eigenvalue weighted by Gasteiger charge is 1.93. The smallest absolute Gasteiger partial charge is 0.306 e. The summed E-state index contributed by atoms with van der Waals surface area (Å²) in [5.41, 5.74) is 1.34. The first kappa shape index (κ1) is 8.52. The first-order valence-corrected chi connectivity index (χ1v) is 3.88. The number of nitrogens with one attached hydrogen (secondary N) is 2. The van der Waals surface area contributed by atoms with Gasteiger partial charge in [-0.25, -0.2) is 4.79 Å². The third-order valence-electron chi connectivity index (χ3n) is 1.32. The maximum absolute atomic E-state index is 10.6. The van der Waals surface area contributed by atoms with Crippen LogP contribution in [-0.4, -0.2) is 15.0 Å². The third kappa shape index (κ3) is 1.53. The lowest BCUT2D eigenvalue weighted by Gasteiger charge is -1.81. The standard InChI is InChI=1S/C6H5N3O.C2H6.H2/c10-6-8-4-1-2-7-3-5(4)9-6;1-2;/h1-3H,(H2,8,9,10);1-2H3;1H. The van der Waals surface area contributed by atoms with Crippen molar-refractivity contribution in [3.8, 4) is 0 Å². The fraction of sp³-hybridized carbons (Fsp3) is 0.250. The Morgan fingerprint density at radius 2 is 2.00 bits per heavy atom. The molecule has 0 aliphatic heterocycles. The van der Waals surface area contributed by atoms with Crippen molar-refractivity contribution in [2.24, 2.45) is 0 Å². The average molecular weight is 167 g/mol. The Labute approximate surface area is 71.1 Å². The number of pyridine rings is 1. The molecule has 0 aliphatic carbocycles. The summed E-state index contributed by atoms with van der Waals surface area (Å²) in [5.74, 6) is 0. The predicted molar refractivity (Wildman–Crippen MR) is 50.2 cm³/mol. The zero-order valence-corrected chi connectivity index (χ0v) is 7.09. The van der Waals surface area contributed by atoms with E-state index in [0.29, 0.717) is 0 Å². The second-order valence-corrected chi connectivity index (χ2v) is 2.00. The van der Waals surface area contributed by atoms with Gasteiger partial charge in [0.1, 0.15) is 0 Å². The van der Waals surface area contributed by atoms with Crippen molar-refractivity contribution in [1.29, 1.82) is 0 Å². The number of hydrogen-bond acceptors (Lipinski definition) is 2. The predicted octanol–water partition coefficient (Wildman–Crippen LogP) is 1.52. The Morgan fingerprint density at radius 3 is 2.67 bits per heavy atom. The summed E-state index contributed by atoms with van der Waals surface area (Å²) >= 11 is 0. The number of imidazole rings is 1. The summed E-state index contributed by atoms with van der Waals surface area (Å²) in [6, 6.07) is 1.74. The zero-order chi connectivity index (χ0) is 8.97. The molecule has 0 radical (unpaired) electrons. The number of aromatic nitrogens is 3. The first-order valence-electron chi connectivity index (χ1n) is 3.88. The Hall–Kier alpha value is -1.58. The van der Waals surface area contributed by atoms with Crippen LogP contribution >= 0.6 is 0 Å². The highest BCUT2D eigenvalue weighted by molar-refractivity contribution is 5.72. The number of fused-ring (bicyclic) bond motifs is 1. The molecule has 4 nitrogen and oxygen atoms in total. The normalized spacial score (nSPS) is 9.17. The van der Waals surface area contributed by atoms with Crippen molar-refractivity contribution in [2.45, 2.75) is 13.8 Å². The fourth-order valence-electron chi connectivity index (χ4n) is 0.879. The highest BCUT2D eigenvalue weighted by atomic mass is 16.1. The van der Waals surface area contributed by atoms with Crippen molar-refractivity contribution < 1.29 is 1.43 Å². The van der Waals surface area contributed by atoms with Crippen molar-refractivity contribution in [3.05, 3.63) is 28.9 Å². The van der Waals surface area contributed by atoms with E-state index in [1.807, 2.05) is 13.8 Å².